The fraction of sp³-hybridized carbons (Fsp3) is 0.350. The van der Waals surface area contributed by atoms with Crippen molar-refractivity contribution in [2.45, 2.75) is 44.7 Å². The van der Waals surface area contributed by atoms with Crippen LogP contribution in [0.5, 0.6) is 0 Å². The Morgan fingerprint density at radius 1 is 1.15 bits per heavy atom. The maximum Gasteiger partial charge on any atom is 0.234 e. The van der Waals surface area contributed by atoms with Gasteiger partial charge in [-0.2, -0.15) is 0 Å². The zero-order chi connectivity index (χ0) is 19.4. The molecule has 2 heterocycles. The van der Waals surface area contributed by atoms with Gasteiger partial charge >= 0.3 is 0 Å². The van der Waals surface area contributed by atoms with E-state index >= 15 is 0 Å². The summed E-state index contributed by atoms with van der Waals surface area (Å²) in [5.74, 6) is 1.64. The van der Waals surface area contributed by atoms with E-state index in [-0.39, 0.29) is 11.7 Å². The summed E-state index contributed by atoms with van der Waals surface area (Å²) in [5.41, 5.74) is 3.28. The number of nitrogens with zero attached hydrogens (tertiary/aromatic N) is 2. The molecule has 0 atom stereocenters. The number of carbonyl (C=O) groups excluding carboxylic acids is 1. The van der Waals surface area contributed by atoms with Gasteiger partial charge in [0.15, 0.2) is 5.82 Å². The van der Waals surface area contributed by atoms with Gasteiger partial charge in [-0.1, -0.05) is 63.7 Å². The topological polar surface area (TPSA) is 70.7 Å². The van der Waals surface area contributed by atoms with Crippen LogP contribution in [0, 0.1) is 0 Å². The highest BCUT2D eigenvalue weighted by atomic mass is 32.2. The monoisotopic (exact) mass is 400 g/mol. The van der Waals surface area contributed by atoms with Gasteiger partial charge in [0, 0.05) is 5.69 Å². The van der Waals surface area contributed by atoms with Crippen molar-refractivity contribution in [1.29, 1.82) is 0 Å². The summed E-state index contributed by atoms with van der Waals surface area (Å²) in [7, 11) is 0. The van der Waals surface area contributed by atoms with Crippen LogP contribution >= 0.6 is 23.1 Å². The van der Waals surface area contributed by atoms with Crippen LogP contribution in [-0.4, -0.2) is 26.8 Å². The van der Waals surface area contributed by atoms with Crippen molar-refractivity contribution in [1.82, 2.24) is 15.2 Å². The maximum atomic E-state index is 12.6. The Morgan fingerprint density at radius 3 is 2.44 bits per heavy atom. The van der Waals surface area contributed by atoms with Crippen LogP contribution in [0.2, 0.25) is 0 Å². The Kier molecular flexibility index (Phi) is 6.34. The number of para-hydroxylation sites is 1. The molecule has 2 N–H and O–H groups in total. The number of aromatic amines is 1. The van der Waals surface area contributed by atoms with Crippen LogP contribution in [0.1, 0.15) is 50.7 Å². The van der Waals surface area contributed by atoms with E-state index < -0.39 is 0 Å². The first kappa shape index (κ1) is 19.6. The molecule has 0 aliphatic rings. The van der Waals surface area contributed by atoms with Crippen molar-refractivity contribution in [2.24, 2.45) is 0 Å². The van der Waals surface area contributed by atoms with E-state index in [9.17, 15) is 4.79 Å². The van der Waals surface area contributed by atoms with Gasteiger partial charge < -0.3 is 5.32 Å². The van der Waals surface area contributed by atoms with Crippen LogP contribution in [0.3, 0.4) is 0 Å². The number of H-pyrrole nitrogens is 1. The second-order valence-electron chi connectivity index (χ2n) is 6.90. The van der Waals surface area contributed by atoms with Crippen LogP contribution < -0.4 is 5.32 Å². The largest absolute Gasteiger partial charge is 0.325 e. The molecule has 0 saturated carbocycles. The van der Waals surface area contributed by atoms with Crippen LogP contribution in [0.25, 0.3) is 10.7 Å². The standard InChI is InChI=1S/C20H24N4OS2/c1-12(2)14-7-5-8-15(13(3)4)18(14)21-17(25)11-27-20-22-19(23-24-20)16-9-6-10-26-16/h5-10,12-13H,11H2,1-4H3,(H,21,25)(H,22,23,24). The normalized spacial score (nSPS) is 11.3. The molecule has 0 bridgehead atoms. The third-order valence-corrected chi connectivity index (χ3v) is 5.91. The van der Waals surface area contributed by atoms with Crippen molar-refractivity contribution in [3.05, 3.63) is 46.8 Å². The second kappa shape index (κ2) is 8.71. The average molecular weight is 401 g/mol. The van der Waals surface area contributed by atoms with Crippen molar-refractivity contribution < 1.29 is 4.79 Å². The summed E-state index contributed by atoms with van der Waals surface area (Å²) in [6, 6.07) is 10.2. The molecule has 5 nitrogen and oxygen atoms in total. The van der Waals surface area contributed by atoms with Gasteiger partial charge in [0.1, 0.15) is 0 Å². The zero-order valence-electron chi connectivity index (χ0n) is 15.9. The average Bonchev–Trinajstić information content (AvgIpc) is 3.31. The third-order valence-electron chi connectivity index (χ3n) is 4.19. The molecule has 0 fully saturated rings. The number of thioether (sulfide) groups is 1. The molecular formula is C20H24N4OS2. The molecule has 7 heteroatoms. The molecule has 0 spiro atoms. The Morgan fingerprint density at radius 2 is 1.85 bits per heavy atom. The SMILES string of the molecule is CC(C)c1cccc(C(C)C)c1NC(=O)CSc1n[nH]c(-c2cccs2)n1. The number of thiophene rings is 1. The molecule has 3 aromatic rings. The zero-order valence-corrected chi connectivity index (χ0v) is 17.6. The van der Waals surface area contributed by atoms with Crippen LogP contribution in [-0.2, 0) is 4.79 Å². The molecule has 27 heavy (non-hydrogen) atoms. The van der Waals surface area contributed by atoms with Gasteiger partial charge in [-0.05, 0) is 34.4 Å². The number of anilines is 1. The number of rotatable bonds is 7. The van der Waals surface area contributed by atoms with Crippen LogP contribution in [0.4, 0.5) is 5.69 Å². The lowest BCUT2D eigenvalue weighted by Crippen LogP contribution is -2.17. The highest BCUT2D eigenvalue weighted by Gasteiger charge is 2.16. The molecule has 142 valence electrons. The van der Waals surface area contributed by atoms with Gasteiger partial charge in [0.25, 0.3) is 0 Å². The fourth-order valence-corrected chi connectivity index (χ4v) is 4.10. The van der Waals surface area contributed by atoms with E-state index in [1.807, 2.05) is 17.5 Å². The number of hydrogen-bond acceptors (Lipinski definition) is 5. The number of nitrogens with one attached hydrogen (secondary N) is 2. The van der Waals surface area contributed by atoms with Gasteiger partial charge in [-0.15, -0.1) is 16.4 Å². The highest BCUT2D eigenvalue weighted by molar-refractivity contribution is 7.99. The van der Waals surface area contributed by atoms with E-state index in [0.717, 1.165) is 27.5 Å². The van der Waals surface area contributed by atoms with E-state index in [0.29, 0.717) is 17.0 Å². The number of aromatic nitrogens is 3. The molecular weight excluding hydrogens is 376 g/mol. The summed E-state index contributed by atoms with van der Waals surface area (Å²) in [6.07, 6.45) is 0. The van der Waals surface area contributed by atoms with Gasteiger partial charge in [0.2, 0.25) is 11.1 Å². The first-order chi connectivity index (χ1) is 13.0. The van der Waals surface area contributed by atoms with Crippen molar-refractivity contribution in [2.75, 3.05) is 11.1 Å². The molecule has 0 aliphatic heterocycles. The lowest BCUT2D eigenvalue weighted by molar-refractivity contribution is -0.113. The number of benzene rings is 1. The summed E-state index contributed by atoms with van der Waals surface area (Å²) in [5, 5.41) is 12.8. The molecule has 0 saturated heterocycles. The van der Waals surface area contributed by atoms with E-state index in [4.69, 9.17) is 0 Å². The van der Waals surface area contributed by atoms with E-state index in [2.05, 4.69) is 66.4 Å². The minimum Gasteiger partial charge on any atom is -0.325 e. The Bertz CT molecular complexity index is 874. The molecule has 0 unspecified atom stereocenters. The molecule has 2 aromatic heterocycles. The molecule has 0 radical (unpaired) electrons. The van der Waals surface area contributed by atoms with Gasteiger partial charge in [0.05, 0.1) is 10.6 Å². The first-order valence-corrected chi connectivity index (χ1v) is 10.8. The van der Waals surface area contributed by atoms with Crippen LogP contribution in [0.15, 0.2) is 40.9 Å². The van der Waals surface area contributed by atoms with Gasteiger partial charge in [-0.3, -0.25) is 9.89 Å². The van der Waals surface area contributed by atoms with Crippen molar-refractivity contribution in [3.63, 3.8) is 0 Å². The molecule has 3 rings (SSSR count). The quantitative estimate of drug-likeness (QED) is 0.513. The summed E-state index contributed by atoms with van der Waals surface area (Å²) < 4.78 is 0. The Labute approximate surface area is 168 Å². The second-order valence-corrected chi connectivity index (χ2v) is 8.79. The molecule has 0 aliphatic carbocycles. The van der Waals surface area contributed by atoms with E-state index in [1.165, 1.54) is 11.8 Å². The van der Waals surface area contributed by atoms with Crippen molar-refractivity contribution in [3.8, 4) is 10.7 Å². The summed E-state index contributed by atoms with van der Waals surface area (Å²) in [6.45, 7) is 8.57. The smallest absolute Gasteiger partial charge is 0.234 e. The minimum absolute atomic E-state index is 0.0440. The third kappa shape index (κ3) is 4.78. The van der Waals surface area contributed by atoms with Gasteiger partial charge in [-0.25, -0.2) is 4.98 Å². The number of hydrogen-bond donors (Lipinski definition) is 2. The molecule has 1 amide bonds. The lowest BCUT2D eigenvalue weighted by atomic mass is 9.92. The predicted molar refractivity (Wildman–Crippen MR) is 114 cm³/mol. The molecule has 1 aromatic carbocycles. The maximum absolute atomic E-state index is 12.6. The Hall–Kier alpha value is -2.12. The Balaban J connectivity index is 1.68. The number of amides is 1. The summed E-state index contributed by atoms with van der Waals surface area (Å²) in [4.78, 5) is 18.1. The van der Waals surface area contributed by atoms with E-state index in [1.54, 1.807) is 11.3 Å². The lowest BCUT2D eigenvalue weighted by Gasteiger charge is -2.20. The predicted octanol–water partition coefficient (Wildman–Crippen LogP) is 5.51. The number of carbonyl (C=O) groups is 1. The first-order valence-electron chi connectivity index (χ1n) is 8.97. The van der Waals surface area contributed by atoms with Crippen molar-refractivity contribution >= 4 is 34.7 Å². The minimum atomic E-state index is -0.0440. The highest BCUT2D eigenvalue weighted by Crippen LogP contribution is 2.32. The summed E-state index contributed by atoms with van der Waals surface area (Å²) >= 11 is 2.94. The fourth-order valence-electron chi connectivity index (χ4n) is 2.84.